The molecule has 1 atom stereocenters. The maximum atomic E-state index is 12.6. The summed E-state index contributed by atoms with van der Waals surface area (Å²) in [5.74, 6) is 0.0763. The summed E-state index contributed by atoms with van der Waals surface area (Å²) in [6, 6.07) is -0.173. The molecule has 1 aliphatic carbocycles. The molecule has 0 radical (unpaired) electrons. The molecular weight excluding hydrogens is 629 g/mol. The molecule has 7 N–H and O–H groups in total. The Labute approximate surface area is 288 Å². The smallest absolute Gasteiger partial charge is 0.320 e. The molecule has 0 bridgehead atoms. The van der Waals surface area contributed by atoms with Gasteiger partial charge in [0.25, 0.3) is 0 Å². The van der Waals surface area contributed by atoms with Crippen LogP contribution in [0.25, 0.3) is 6.08 Å². The number of nitrogens with zero attached hydrogens (tertiary/aromatic N) is 5. The number of hydrogen-bond acceptors (Lipinski definition) is 12. The van der Waals surface area contributed by atoms with E-state index in [1.807, 2.05) is 19.1 Å². The average Bonchev–Trinajstić information content (AvgIpc) is 3.55. The summed E-state index contributed by atoms with van der Waals surface area (Å²) in [6.45, 7) is 10.5. The molecular formula is C34H54N10O3S. The molecule has 1 aliphatic heterocycles. The number of nitrogens with one attached hydrogen (secondary N) is 4. The van der Waals surface area contributed by atoms with E-state index in [4.69, 9.17) is 20.8 Å². The number of hydrogen-bond donors (Lipinski definition) is 6. The van der Waals surface area contributed by atoms with Crippen LogP contribution in [0.3, 0.4) is 0 Å². The molecule has 264 valence electrons. The van der Waals surface area contributed by atoms with E-state index >= 15 is 0 Å². The van der Waals surface area contributed by atoms with Crippen LogP contribution in [-0.4, -0.2) is 92.9 Å². The van der Waals surface area contributed by atoms with Gasteiger partial charge in [-0.25, -0.2) is 4.98 Å². The van der Waals surface area contributed by atoms with E-state index in [0.29, 0.717) is 25.6 Å². The molecule has 1 saturated heterocycles. The third-order valence-electron chi connectivity index (χ3n) is 8.93. The third kappa shape index (κ3) is 12.5. The van der Waals surface area contributed by atoms with Crippen molar-refractivity contribution < 1.29 is 14.7 Å². The quantitative estimate of drug-likeness (QED) is 0.0877. The number of likely N-dealkylation sites (tertiary alicyclic amines) is 1. The molecule has 4 rings (SSSR count). The zero-order valence-electron chi connectivity index (χ0n) is 28.4. The average molecular weight is 683 g/mol. The van der Waals surface area contributed by atoms with Crippen molar-refractivity contribution in [2.45, 2.75) is 109 Å². The first-order valence-corrected chi connectivity index (χ1v) is 18.3. The van der Waals surface area contributed by atoms with Crippen LogP contribution in [0, 0.1) is 6.92 Å². The number of carbonyl (C=O) groups excluding carboxylic acids is 1. The first-order valence-electron chi connectivity index (χ1n) is 17.5. The lowest BCUT2D eigenvalue weighted by atomic mass is 9.95. The second-order valence-electron chi connectivity index (χ2n) is 12.7. The molecule has 0 spiro atoms. The van der Waals surface area contributed by atoms with Gasteiger partial charge in [0.1, 0.15) is 21.9 Å². The van der Waals surface area contributed by atoms with Crippen LogP contribution in [0.4, 0.5) is 11.8 Å². The van der Waals surface area contributed by atoms with Gasteiger partial charge in [0.15, 0.2) is 0 Å². The standard InChI is InChI=1S/C34H54N10O3S/c1-3-4-12-27-24(2)39-34(41-32(27)40-26-16-21-44(22-17-26)31(45)15-14-28(35)33(46)47)38-23-30-43-42-29(48-30)13-8-18-36-19-9-20-37-25-10-6-5-7-11-25/h3-4,12,25-26,28,36-37H,1,5-11,13-23,35H2,2H3,(H,46,47)(H2,38,39,40,41)/b12-4-/t28-/m0/s1. The summed E-state index contributed by atoms with van der Waals surface area (Å²) >= 11 is 1.62. The Balaban J connectivity index is 1.20. The largest absolute Gasteiger partial charge is 0.480 e. The summed E-state index contributed by atoms with van der Waals surface area (Å²) in [7, 11) is 0. The summed E-state index contributed by atoms with van der Waals surface area (Å²) < 4.78 is 0. The molecule has 14 heteroatoms. The second-order valence-corrected chi connectivity index (χ2v) is 13.9. The lowest BCUT2D eigenvalue weighted by Crippen LogP contribution is -2.43. The maximum absolute atomic E-state index is 12.6. The van der Waals surface area contributed by atoms with Gasteiger partial charge in [0.05, 0.1) is 12.2 Å². The third-order valence-corrected chi connectivity index (χ3v) is 9.91. The molecule has 1 amide bonds. The van der Waals surface area contributed by atoms with Crippen molar-refractivity contribution in [2.75, 3.05) is 43.4 Å². The molecule has 2 aromatic heterocycles. The number of aliphatic carboxylic acids is 1. The van der Waals surface area contributed by atoms with Gasteiger partial charge in [-0.15, -0.1) is 10.2 Å². The summed E-state index contributed by atoms with van der Waals surface area (Å²) in [4.78, 5) is 34.9. The Kier molecular flexibility index (Phi) is 15.7. The Morgan fingerprint density at radius 1 is 1.04 bits per heavy atom. The van der Waals surface area contributed by atoms with E-state index in [1.165, 1.54) is 32.1 Å². The van der Waals surface area contributed by atoms with Crippen LogP contribution in [0.5, 0.6) is 0 Å². The number of nitrogens with two attached hydrogens (primary N) is 1. The molecule has 2 aromatic rings. The van der Waals surface area contributed by atoms with Gasteiger partial charge in [-0.3, -0.25) is 9.59 Å². The van der Waals surface area contributed by atoms with Gasteiger partial charge in [0.2, 0.25) is 11.9 Å². The molecule has 2 aliphatic rings. The SMILES string of the molecule is C=C/C=C\c1c(C)nc(NCc2nnc(CCCNCCCNC3CCCCC3)s2)nc1NC1CCN(C(=O)CC[C@H](N)C(=O)O)CC1. The highest BCUT2D eigenvalue weighted by molar-refractivity contribution is 7.11. The van der Waals surface area contributed by atoms with E-state index in [0.717, 1.165) is 84.9 Å². The minimum atomic E-state index is -1.09. The molecule has 48 heavy (non-hydrogen) atoms. The number of carboxylic acid groups (broad SMARTS) is 1. The Hall–Kier alpha value is -3.46. The highest BCUT2D eigenvalue weighted by atomic mass is 32.1. The number of amides is 1. The summed E-state index contributed by atoms with van der Waals surface area (Å²) in [6.07, 6.45) is 17.2. The minimum Gasteiger partial charge on any atom is -0.480 e. The van der Waals surface area contributed by atoms with Crippen molar-refractivity contribution in [3.63, 3.8) is 0 Å². The monoisotopic (exact) mass is 682 g/mol. The van der Waals surface area contributed by atoms with Crippen molar-refractivity contribution in [3.05, 3.63) is 40.0 Å². The number of carbonyl (C=O) groups is 2. The zero-order valence-corrected chi connectivity index (χ0v) is 29.2. The first kappa shape index (κ1) is 37.4. The van der Waals surface area contributed by atoms with Crippen LogP contribution in [-0.2, 0) is 22.6 Å². The van der Waals surface area contributed by atoms with Crippen LogP contribution >= 0.6 is 11.3 Å². The lowest BCUT2D eigenvalue weighted by molar-refractivity contribution is -0.139. The molecule has 0 unspecified atom stereocenters. The Morgan fingerprint density at radius 2 is 1.79 bits per heavy atom. The normalized spacial score (nSPS) is 16.7. The number of carboxylic acids is 1. The maximum Gasteiger partial charge on any atom is 0.320 e. The fourth-order valence-corrected chi connectivity index (χ4v) is 6.92. The van der Waals surface area contributed by atoms with Gasteiger partial charge >= 0.3 is 5.97 Å². The van der Waals surface area contributed by atoms with Crippen molar-refractivity contribution in [1.82, 2.24) is 35.7 Å². The van der Waals surface area contributed by atoms with E-state index in [-0.39, 0.29) is 24.8 Å². The van der Waals surface area contributed by atoms with Crippen LogP contribution < -0.4 is 27.0 Å². The number of rotatable bonds is 20. The van der Waals surface area contributed by atoms with Crippen LogP contribution in [0.15, 0.2) is 18.7 Å². The van der Waals surface area contributed by atoms with Crippen molar-refractivity contribution >= 4 is 41.1 Å². The van der Waals surface area contributed by atoms with Crippen LogP contribution in [0.2, 0.25) is 0 Å². The summed E-state index contributed by atoms with van der Waals surface area (Å²) in [5, 5.41) is 33.8. The molecule has 1 saturated carbocycles. The van der Waals surface area contributed by atoms with Gasteiger partial charge in [-0.05, 0) is 77.6 Å². The predicted octanol–water partition coefficient (Wildman–Crippen LogP) is 3.88. The summed E-state index contributed by atoms with van der Waals surface area (Å²) in [5.41, 5.74) is 7.27. The van der Waals surface area contributed by atoms with Crippen molar-refractivity contribution in [2.24, 2.45) is 5.73 Å². The Bertz CT molecular complexity index is 1340. The molecule has 13 nitrogen and oxygen atoms in total. The van der Waals surface area contributed by atoms with Crippen molar-refractivity contribution in [3.8, 4) is 0 Å². The highest BCUT2D eigenvalue weighted by Crippen LogP contribution is 2.25. The van der Waals surface area contributed by atoms with Gasteiger partial charge in [0, 0.05) is 43.6 Å². The zero-order chi connectivity index (χ0) is 34.1. The molecule has 0 aromatic carbocycles. The van der Waals surface area contributed by atoms with Gasteiger partial charge < -0.3 is 37.0 Å². The van der Waals surface area contributed by atoms with Gasteiger partial charge in [-0.2, -0.15) is 4.98 Å². The number of allylic oxidation sites excluding steroid dienone is 2. The number of piperidine rings is 1. The second kappa shape index (κ2) is 20.1. The number of aromatic nitrogens is 4. The Morgan fingerprint density at radius 3 is 2.54 bits per heavy atom. The van der Waals surface area contributed by atoms with E-state index in [2.05, 4.69) is 38.0 Å². The highest BCUT2D eigenvalue weighted by Gasteiger charge is 2.25. The van der Waals surface area contributed by atoms with Crippen LogP contribution in [0.1, 0.15) is 91.9 Å². The van der Waals surface area contributed by atoms with E-state index in [9.17, 15) is 9.59 Å². The van der Waals surface area contributed by atoms with E-state index < -0.39 is 12.0 Å². The topological polar surface area (TPSA) is 183 Å². The predicted molar refractivity (Wildman–Crippen MR) is 192 cm³/mol. The number of aryl methyl sites for hydroxylation is 2. The number of anilines is 2. The molecule has 2 fully saturated rings. The van der Waals surface area contributed by atoms with E-state index in [1.54, 1.807) is 22.3 Å². The lowest BCUT2D eigenvalue weighted by Gasteiger charge is -2.33. The van der Waals surface area contributed by atoms with Crippen molar-refractivity contribution in [1.29, 1.82) is 0 Å². The fraction of sp³-hybridized carbons (Fsp3) is 0.647. The first-order chi connectivity index (χ1) is 23.3. The fourth-order valence-electron chi connectivity index (χ4n) is 6.09. The molecule has 3 heterocycles. The minimum absolute atomic E-state index is 0.0615. The van der Waals surface area contributed by atoms with Gasteiger partial charge in [-0.1, -0.05) is 49.3 Å².